The zero-order valence-electron chi connectivity index (χ0n) is 14.4. The Hall–Kier alpha value is -3.58. The molecule has 6 heteroatoms. The molecule has 0 saturated heterocycles. The second-order valence-corrected chi connectivity index (χ2v) is 5.95. The zero-order valence-corrected chi connectivity index (χ0v) is 27.2. The summed E-state index contributed by atoms with van der Waals surface area (Å²) < 4.78 is 9.47. The Morgan fingerprint density at radius 3 is 1.23 bits per heavy atom. The van der Waals surface area contributed by atoms with E-state index in [9.17, 15) is 9.59 Å². The standard InChI is InChI=1S/2C8H13O2.2Rf/c2*1-5-7(9)10-6-8(2,3)4;;/h2*5H,1-2,6H2,3-4H3;;/q2*-1;;. The summed E-state index contributed by atoms with van der Waals surface area (Å²) in [7, 11) is 0. The van der Waals surface area contributed by atoms with Crippen LogP contribution in [0.1, 0.15) is 27.7 Å². The summed E-state index contributed by atoms with van der Waals surface area (Å²) in [5, 5.41) is 0. The average Bonchev–Trinajstić information content (AvgIpc) is 2.31. The Balaban J connectivity index is -0.000000135. The summed E-state index contributed by atoms with van der Waals surface area (Å²) in [6, 6.07) is 0. The molecule has 0 bridgehead atoms. The summed E-state index contributed by atoms with van der Waals surface area (Å²) in [4.78, 5) is 21.0. The summed E-state index contributed by atoms with van der Waals surface area (Å²) in [5.74, 6) is -0.784. The third-order valence-electron chi connectivity index (χ3n) is 1.54. The second-order valence-electron chi connectivity index (χ2n) is 5.95. The van der Waals surface area contributed by atoms with Crippen LogP contribution in [-0.4, -0.2) is 25.2 Å². The normalized spacial score (nSPS) is 9.73. The quantitative estimate of drug-likeness (QED) is 0.235. The van der Waals surface area contributed by atoms with Gasteiger partial charge in [-0.05, 0) is 0 Å². The predicted octanol–water partition coefficient (Wildman–Crippen LogP) is 3.15. The van der Waals surface area contributed by atoms with Gasteiger partial charge in [0.2, 0.25) is 0 Å². The molecule has 0 saturated carbocycles. The molecule has 22 heavy (non-hydrogen) atoms. The van der Waals surface area contributed by atoms with Crippen LogP contribution in [0.4, 0.5) is 0 Å². The first-order valence-corrected chi connectivity index (χ1v) is 6.20. The first kappa shape index (κ1) is 26.9. The van der Waals surface area contributed by atoms with Crippen molar-refractivity contribution in [2.24, 2.45) is 10.8 Å². The minimum absolute atomic E-state index is 0. The Morgan fingerprint density at radius 2 is 1.09 bits per heavy atom. The molecular formula is C16H26O4Rf2-2. The van der Waals surface area contributed by atoms with Crippen LogP contribution in [0.3, 0.4) is 0 Å². The maximum atomic E-state index is 10.5. The molecule has 0 aliphatic rings. The molecule has 0 fully saturated rings. The molecule has 0 aliphatic carbocycles. The van der Waals surface area contributed by atoms with Crippen LogP contribution >= 0.6 is 0 Å². The maximum Gasteiger partial charge on any atom is 0.330 e. The van der Waals surface area contributed by atoms with Crippen LogP contribution in [0, 0.1) is 24.7 Å². The van der Waals surface area contributed by atoms with Crippen LogP contribution in [0.5, 0.6) is 0 Å². The van der Waals surface area contributed by atoms with Crippen molar-refractivity contribution in [3.05, 3.63) is 39.2 Å². The van der Waals surface area contributed by atoms with Crippen LogP contribution < -0.4 is 0 Å². The Morgan fingerprint density at radius 1 is 0.864 bits per heavy atom. The summed E-state index contributed by atoms with van der Waals surface area (Å²) in [5.41, 5.74) is -0.419. The van der Waals surface area contributed by atoms with Crippen LogP contribution in [0.2, 0.25) is 0 Å². The van der Waals surface area contributed by atoms with Gasteiger partial charge in [0.1, 0.15) is 0 Å². The van der Waals surface area contributed by atoms with E-state index in [2.05, 4.69) is 27.0 Å². The van der Waals surface area contributed by atoms with Gasteiger partial charge in [-0.3, -0.25) is 0 Å². The van der Waals surface area contributed by atoms with E-state index in [1.54, 1.807) is 0 Å². The average molecular weight is 816 g/mol. The Kier molecular flexibility index (Phi) is 13.8. The van der Waals surface area contributed by atoms with Crippen molar-refractivity contribution < 1.29 is 19.1 Å². The molecule has 0 spiro atoms. The van der Waals surface area contributed by atoms with Crippen LogP contribution in [0.15, 0.2) is 25.3 Å². The summed E-state index contributed by atoms with van der Waals surface area (Å²) >= 11 is 0. The molecule has 120 valence electrons. The second kappa shape index (κ2) is 11.3. The molecule has 0 aromatic rings. The van der Waals surface area contributed by atoms with Gasteiger partial charge >= 0.3 is 11.9 Å². The molecule has 0 aromatic carbocycles. The SMILES string of the molecule is C=CC(=O)OCC([CH2-])(C)C.C=CC(=O)OCC([CH2-])(C)C.[Rf].[Rf]. The van der Waals surface area contributed by atoms with Crippen molar-refractivity contribution in [2.45, 2.75) is 27.7 Å². The minimum atomic E-state index is -0.392. The third-order valence-corrected chi connectivity index (χ3v) is 1.54. The van der Waals surface area contributed by atoms with Crippen molar-refractivity contribution in [2.75, 3.05) is 13.2 Å². The van der Waals surface area contributed by atoms with Gasteiger partial charge in [0, 0.05) is 12.2 Å². The summed E-state index contributed by atoms with van der Waals surface area (Å²) in [6.45, 7) is 22.3. The first-order valence-electron chi connectivity index (χ1n) is 6.20. The van der Waals surface area contributed by atoms with Gasteiger partial charge in [-0.15, -0.1) is 10.8 Å². The van der Waals surface area contributed by atoms with E-state index in [1.165, 1.54) is 0 Å². The molecule has 0 unspecified atom stereocenters. The van der Waals surface area contributed by atoms with Crippen molar-refractivity contribution in [3.63, 3.8) is 0 Å². The molecule has 0 aromatic heterocycles. The molecule has 0 N–H and O–H groups in total. The molecule has 0 amide bonds. The third kappa shape index (κ3) is 25.3. The van der Waals surface area contributed by atoms with E-state index < -0.39 is 11.9 Å². The molecule has 0 heterocycles. The minimum Gasteiger partial charge on any atom is -0.465 e. The van der Waals surface area contributed by atoms with Crippen molar-refractivity contribution >= 4 is 11.9 Å². The number of ether oxygens (including phenoxy) is 2. The van der Waals surface area contributed by atoms with Crippen LogP contribution in [-0.2, 0) is 19.1 Å². The van der Waals surface area contributed by atoms with E-state index in [0.717, 1.165) is 12.2 Å². The van der Waals surface area contributed by atoms with Gasteiger partial charge < -0.3 is 23.3 Å². The number of hydrogen-bond donors (Lipinski definition) is 0. The molecule has 4 nitrogen and oxygen atoms in total. The molecule has 0 radical (unpaired) electrons. The number of esters is 2. The zero-order chi connectivity index (χ0) is 16.4. The predicted molar refractivity (Wildman–Crippen MR) is 80.6 cm³/mol. The molecule has 0 atom stereocenters. The largest absolute Gasteiger partial charge is 0.465 e. The fraction of sp³-hybridized carbons (Fsp3) is 0.500. The van der Waals surface area contributed by atoms with Crippen molar-refractivity contribution in [1.82, 2.24) is 0 Å². The van der Waals surface area contributed by atoms with E-state index in [4.69, 9.17) is 9.47 Å². The smallest absolute Gasteiger partial charge is 0.330 e. The number of rotatable bonds is 6. The van der Waals surface area contributed by atoms with Gasteiger partial charge in [-0.1, -0.05) is 40.9 Å². The van der Waals surface area contributed by atoms with E-state index in [1.807, 2.05) is 27.7 Å². The number of carbonyl (C=O) groups is 2. The van der Waals surface area contributed by atoms with E-state index in [0.29, 0.717) is 13.2 Å². The number of carbonyl (C=O) groups excluding carboxylic acids is 2. The molecule has 0 aliphatic heterocycles. The van der Waals surface area contributed by atoms with Crippen molar-refractivity contribution in [1.29, 1.82) is 0 Å². The van der Waals surface area contributed by atoms with Crippen LogP contribution in [0.25, 0.3) is 0 Å². The molecule has 0 rings (SSSR count). The topological polar surface area (TPSA) is 52.6 Å². The fourth-order valence-corrected chi connectivity index (χ4v) is 0.651. The first-order chi connectivity index (χ1) is 8.91. The van der Waals surface area contributed by atoms with Gasteiger partial charge in [0.05, 0.1) is 13.2 Å². The Bertz CT molecular complexity index is 305. The van der Waals surface area contributed by atoms with Gasteiger partial charge in [0.25, 0.3) is 0 Å². The van der Waals surface area contributed by atoms with E-state index in [-0.39, 0.29) is 10.8 Å². The maximum absolute atomic E-state index is 10.5. The van der Waals surface area contributed by atoms with Gasteiger partial charge in [0.15, 0.2) is 0 Å². The Labute approximate surface area is 122 Å². The fourth-order valence-electron chi connectivity index (χ4n) is 0.651. The summed E-state index contributed by atoms with van der Waals surface area (Å²) in [6.07, 6.45) is 2.29. The van der Waals surface area contributed by atoms with Gasteiger partial charge in [-0.25, -0.2) is 9.59 Å². The van der Waals surface area contributed by atoms with E-state index >= 15 is 0 Å². The van der Waals surface area contributed by atoms with Gasteiger partial charge in [-0.2, -0.15) is 0 Å². The van der Waals surface area contributed by atoms with Crippen molar-refractivity contribution in [3.8, 4) is 0 Å². The molecular weight excluding hydrogens is 790 g/mol. The monoisotopic (exact) mass is 816 g/mol. The number of hydrogen-bond acceptors (Lipinski definition) is 4.